The number of benzene rings is 2. The molecule has 47 heavy (non-hydrogen) atoms. The van der Waals surface area contributed by atoms with Gasteiger partial charge in [0.1, 0.15) is 43.4 Å². The van der Waals surface area contributed by atoms with Gasteiger partial charge in [-0.3, -0.25) is 19.1 Å². The number of rotatable bonds is 10. The van der Waals surface area contributed by atoms with Crippen molar-refractivity contribution < 1.29 is 37.7 Å². The van der Waals surface area contributed by atoms with Crippen molar-refractivity contribution in [1.82, 2.24) is 14.9 Å². The van der Waals surface area contributed by atoms with Crippen molar-refractivity contribution in [1.29, 1.82) is 0 Å². The van der Waals surface area contributed by atoms with Gasteiger partial charge in [0.15, 0.2) is 0 Å². The number of halogens is 1. The van der Waals surface area contributed by atoms with Crippen LogP contribution in [0.15, 0.2) is 64.3 Å². The van der Waals surface area contributed by atoms with E-state index >= 15 is 0 Å². The Hall–Kier alpha value is -4.78. The number of H-pyrrole nitrogens is 1. The second kappa shape index (κ2) is 13.9. The topological polar surface area (TPSA) is 155 Å². The van der Waals surface area contributed by atoms with Crippen molar-refractivity contribution in [3.63, 3.8) is 0 Å². The van der Waals surface area contributed by atoms with Gasteiger partial charge in [-0.25, -0.2) is 18.8 Å². The molecule has 5 rings (SSSR count). The molecule has 1 aromatic heterocycles. The number of amides is 1. The molecule has 0 spiro atoms. The molecule has 12 nitrogen and oxygen atoms in total. The first-order valence-electron chi connectivity index (χ1n) is 15.4. The molecule has 1 aliphatic carbocycles. The van der Waals surface area contributed by atoms with E-state index in [-0.39, 0.29) is 37.4 Å². The lowest BCUT2D eigenvalue weighted by atomic mass is 9.98. The summed E-state index contributed by atoms with van der Waals surface area (Å²) in [4.78, 5) is 64.5. The number of aromatic amines is 1. The quantitative estimate of drug-likeness (QED) is 0.244. The first kappa shape index (κ1) is 33.6. The molecule has 0 bridgehead atoms. The highest BCUT2D eigenvalue weighted by Gasteiger charge is 2.38. The fourth-order valence-corrected chi connectivity index (χ4v) is 5.72. The second-order valence-electron chi connectivity index (χ2n) is 12.6. The number of aryl methyl sites for hydroxylation is 1. The summed E-state index contributed by atoms with van der Waals surface area (Å²) >= 11 is 0. The van der Waals surface area contributed by atoms with Gasteiger partial charge in [0.25, 0.3) is 5.56 Å². The molecule has 2 N–H and O–H groups in total. The SMILES string of the molecule is Cc1cn([C@H]2C[C@H](F)[C@@H](COC(=O)CC[C@H](NC(=O)OCC3c4ccccc4-c4ccccc43)C(=O)OC(C)(C)C)O2)c(=O)[nH]c1=O. The lowest BCUT2D eigenvalue weighted by molar-refractivity contribution is -0.158. The lowest BCUT2D eigenvalue weighted by Crippen LogP contribution is -2.45. The van der Waals surface area contributed by atoms with Crippen molar-refractivity contribution in [2.24, 2.45) is 0 Å². The van der Waals surface area contributed by atoms with E-state index in [1.54, 1.807) is 20.8 Å². The van der Waals surface area contributed by atoms with E-state index in [1.807, 2.05) is 48.5 Å². The van der Waals surface area contributed by atoms with Crippen LogP contribution in [0.5, 0.6) is 0 Å². The van der Waals surface area contributed by atoms with E-state index in [9.17, 15) is 28.4 Å². The third kappa shape index (κ3) is 7.97. The molecule has 0 radical (unpaired) electrons. The Bertz CT molecular complexity index is 1720. The molecular weight excluding hydrogens is 613 g/mol. The van der Waals surface area contributed by atoms with Gasteiger partial charge in [0.2, 0.25) is 0 Å². The van der Waals surface area contributed by atoms with Crippen LogP contribution in [0.25, 0.3) is 11.1 Å². The van der Waals surface area contributed by atoms with Crippen LogP contribution in [0.1, 0.15) is 68.9 Å². The maximum absolute atomic E-state index is 14.7. The van der Waals surface area contributed by atoms with Gasteiger partial charge in [-0.15, -0.1) is 0 Å². The summed E-state index contributed by atoms with van der Waals surface area (Å²) in [5.74, 6) is -1.71. The second-order valence-corrected chi connectivity index (χ2v) is 12.6. The zero-order chi connectivity index (χ0) is 33.9. The Morgan fingerprint density at radius 3 is 2.30 bits per heavy atom. The smallest absolute Gasteiger partial charge is 0.407 e. The van der Waals surface area contributed by atoms with Crippen molar-refractivity contribution in [3.8, 4) is 11.1 Å². The molecule has 2 aliphatic rings. The van der Waals surface area contributed by atoms with Crippen LogP contribution in [0.2, 0.25) is 0 Å². The van der Waals surface area contributed by atoms with E-state index in [0.29, 0.717) is 0 Å². The number of carbonyl (C=O) groups is 3. The molecule has 3 aromatic rings. The van der Waals surface area contributed by atoms with Crippen LogP contribution in [0, 0.1) is 6.92 Å². The monoisotopic (exact) mass is 651 g/mol. The van der Waals surface area contributed by atoms with Gasteiger partial charge in [-0.2, -0.15) is 0 Å². The molecule has 2 heterocycles. The summed E-state index contributed by atoms with van der Waals surface area (Å²) in [7, 11) is 0. The highest BCUT2D eigenvalue weighted by atomic mass is 19.1. The van der Waals surface area contributed by atoms with Crippen LogP contribution in [0.3, 0.4) is 0 Å². The number of aromatic nitrogens is 2. The third-order valence-corrected chi connectivity index (χ3v) is 7.99. The van der Waals surface area contributed by atoms with Gasteiger partial charge < -0.3 is 24.3 Å². The average molecular weight is 652 g/mol. The summed E-state index contributed by atoms with van der Waals surface area (Å²) < 4.78 is 37.7. The Labute approximate surface area is 270 Å². The Balaban J connectivity index is 1.16. The summed E-state index contributed by atoms with van der Waals surface area (Å²) in [5.41, 5.74) is 2.29. The van der Waals surface area contributed by atoms with Crippen LogP contribution in [-0.2, 0) is 28.5 Å². The van der Waals surface area contributed by atoms with E-state index in [1.165, 1.54) is 13.1 Å². The summed E-state index contributed by atoms with van der Waals surface area (Å²) in [5, 5.41) is 2.52. The number of alkyl halides is 1. The number of hydrogen-bond donors (Lipinski definition) is 2. The number of fused-ring (bicyclic) bond motifs is 3. The van der Waals surface area contributed by atoms with E-state index in [4.69, 9.17) is 18.9 Å². The van der Waals surface area contributed by atoms with Crippen molar-refractivity contribution in [3.05, 3.63) is 92.3 Å². The zero-order valence-electron chi connectivity index (χ0n) is 26.6. The molecule has 2 aromatic carbocycles. The predicted molar refractivity (Wildman–Crippen MR) is 168 cm³/mol. The Morgan fingerprint density at radius 2 is 1.66 bits per heavy atom. The van der Waals surface area contributed by atoms with E-state index in [2.05, 4.69) is 10.3 Å². The number of nitrogens with one attached hydrogen (secondary N) is 2. The fraction of sp³-hybridized carbons (Fsp3) is 0.441. The summed E-state index contributed by atoms with van der Waals surface area (Å²) in [6.07, 6.45) is -3.91. The third-order valence-electron chi connectivity index (χ3n) is 7.99. The maximum atomic E-state index is 14.7. The van der Waals surface area contributed by atoms with Gasteiger partial charge in [0, 0.05) is 30.5 Å². The molecule has 1 saturated heterocycles. The largest absolute Gasteiger partial charge is 0.463 e. The van der Waals surface area contributed by atoms with Crippen molar-refractivity contribution in [2.75, 3.05) is 13.2 Å². The van der Waals surface area contributed by atoms with Gasteiger partial charge in [-0.05, 0) is 56.4 Å². The Kier molecular flexibility index (Phi) is 9.94. The number of nitrogens with zero attached hydrogens (tertiary/aromatic N) is 1. The average Bonchev–Trinajstić information content (AvgIpc) is 3.55. The van der Waals surface area contributed by atoms with Crippen LogP contribution < -0.4 is 16.6 Å². The van der Waals surface area contributed by atoms with Gasteiger partial charge >= 0.3 is 23.7 Å². The summed E-state index contributed by atoms with van der Waals surface area (Å²) in [6, 6.07) is 14.5. The van der Waals surface area contributed by atoms with Crippen molar-refractivity contribution in [2.45, 2.75) is 83.0 Å². The minimum absolute atomic E-state index is 0.0282. The van der Waals surface area contributed by atoms with Gasteiger partial charge in [-0.1, -0.05) is 48.5 Å². The van der Waals surface area contributed by atoms with E-state index in [0.717, 1.165) is 26.8 Å². The summed E-state index contributed by atoms with van der Waals surface area (Å²) in [6.45, 7) is 6.12. The van der Waals surface area contributed by atoms with Crippen LogP contribution >= 0.6 is 0 Å². The maximum Gasteiger partial charge on any atom is 0.407 e. The molecule has 4 atom stereocenters. The number of hydrogen-bond acceptors (Lipinski definition) is 9. The molecular formula is C34H38FN3O9. The number of carbonyl (C=O) groups excluding carboxylic acids is 3. The van der Waals surface area contributed by atoms with Crippen molar-refractivity contribution >= 4 is 18.0 Å². The van der Waals surface area contributed by atoms with Gasteiger partial charge in [0.05, 0.1) is 0 Å². The molecule has 0 saturated carbocycles. The molecule has 13 heteroatoms. The number of esters is 2. The molecule has 1 amide bonds. The zero-order valence-corrected chi connectivity index (χ0v) is 26.6. The highest BCUT2D eigenvalue weighted by molar-refractivity contribution is 5.83. The normalized spacial score (nSPS) is 19.4. The number of alkyl carbamates (subject to hydrolysis) is 1. The minimum atomic E-state index is -1.54. The molecule has 1 fully saturated rings. The first-order valence-corrected chi connectivity index (χ1v) is 15.4. The first-order chi connectivity index (χ1) is 22.3. The molecule has 250 valence electrons. The standard InChI is InChI=1S/C34H38FN3O9/c1-19-16-38(32(42)37-30(19)40)28-15-25(35)27(46-28)18-44-29(39)14-13-26(31(41)47-34(2,3)4)36-33(43)45-17-24-22-11-7-5-9-20(22)21-10-6-8-12-23(21)24/h5-12,16,24-28H,13-15,17-18H2,1-4H3,(H,36,43)(H,37,40,42)/t25-,26-,27+,28+/m0/s1. The highest BCUT2D eigenvalue weighted by Crippen LogP contribution is 2.44. The van der Waals surface area contributed by atoms with Crippen LogP contribution in [-0.4, -0.2) is 64.7 Å². The fourth-order valence-electron chi connectivity index (χ4n) is 5.72. The Morgan fingerprint density at radius 1 is 1.02 bits per heavy atom. The minimum Gasteiger partial charge on any atom is -0.463 e. The molecule has 1 aliphatic heterocycles. The number of ether oxygens (including phenoxy) is 4. The van der Waals surface area contributed by atoms with Crippen LogP contribution in [0.4, 0.5) is 9.18 Å². The predicted octanol–water partition coefficient (Wildman–Crippen LogP) is 4.04. The lowest BCUT2D eigenvalue weighted by Gasteiger charge is -2.24. The molecule has 0 unspecified atom stereocenters. The van der Waals surface area contributed by atoms with E-state index < -0.39 is 66.0 Å².